The number of hydrogen-bond acceptors (Lipinski definition) is 4. The number of para-hydroxylation sites is 1. The molecule has 0 spiro atoms. The second-order valence-electron chi connectivity index (χ2n) is 5.52. The molecule has 3 aromatic rings. The van der Waals surface area contributed by atoms with Crippen molar-refractivity contribution in [2.45, 2.75) is 6.18 Å². The molecule has 0 aliphatic heterocycles. The fourth-order valence-electron chi connectivity index (χ4n) is 2.33. The number of rotatable bonds is 4. The summed E-state index contributed by atoms with van der Waals surface area (Å²) in [5, 5.41) is 14.8. The Labute approximate surface area is 172 Å². The Kier molecular flexibility index (Phi) is 5.94. The van der Waals surface area contributed by atoms with Crippen molar-refractivity contribution in [1.82, 2.24) is 4.98 Å². The number of alkyl halides is 3. The molecule has 1 aromatic heterocycles. The standard InChI is InChI=1S/C19H10Cl2F3N3S/c20-14-6-5-11(7-15(14)21)17-10-28-18(27-17)12(8-25)9-26-16-4-2-1-3-13(16)19(22,23)24/h1-7,9-10,26H. The van der Waals surface area contributed by atoms with Gasteiger partial charge in [-0.15, -0.1) is 11.3 Å². The molecule has 0 bridgehead atoms. The van der Waals surface area contributed by atoms with Crippen LogP contribution in [0.1, 0.15) is 10.6 Å². The molecule has 3 rings (SSSR count). The van der Waals surface area contributed by atoms with Crippen LogP contribution in [-0.2, 0) is 6.18 Å². The Bertz CT molecular complexity index is 1080. The maximum Gasteiger partial charge on any atom is 0.418 e. The normalized spacial score (nSPS) is 11.9. The molecule has 28 heavy (non-hydrogen) atoms. The molecule has 0 aliphatic carbocycles. The molecule has 0 aliphatic rings. The summed E-state index contributed by atoms with van der Waals surface area (Å²) in [4.78, 5) is 4.37. The number of nitriles is 1. The molecule has 0 fully saturated rings. The largest absolute Gasteiger partial charge is 0.418 e. The zero-order chi connectivity index (χ0) is 20.3. The van der Waals surface area contributed by atoms with Gasteiger partial charge in [0, 0.05) is 17.1 Å². The molecule has 1 N–H and O–H groups in total. The maximum absolute atomic E-state index is 13.1. The monoisotopic (exact) mass is 439 g/mol. The lowest BCUT2D eigenvalue weighted by molar-refractivity contribution is -0.136. The van der Waals surface area contributed by atoms with Crippen molar-refractivity contribution < 1.29 is 13.2 Å². The number of nitrogens with one attached hydrogen (secondary N) is 1. The highest BCUT2D eigenvalue weighted by molar-refractivity contribution is 7.11. The molecule has 0 unspecified atom stereocenters. The second-order valence-corrected chi connectivity index (χ2v) is 7.20. The summed E-state index contributed by atoms with van der Waals surface area (Å²) < 4.78 is 39.2. The van der Waals surface area contributed by atoms with Gasteiger partial charge in [-0.3, -0.25) is 0 Å². The molecule has 1 heterocycles. The highest BCUT2D eigenvalue weighted by atomic mass is 35.5. The first-order valence-corrected chi connectivity index (χ1v) is 9.37. The van der Waals surface area contributed by atoms with Crippen LogP contribution in [-0.4, -0.2) is 4.98 Å². The topological polar surface area (TPSA) is 48.7 Å². The van der Waals surface area contributed by atoms with Crippen LogP contribution in [0.5, 0.6) is 0 Å². The van der Waals surface area contributed by atoms with Gasteiger partial charge in [0.15, 0.2) is 0 Å². The fourth-order valence-corrected chi connectivity index (χ4v) is 3.43. The molecular formula is C19H10Cl2F3N3S. The Morgan fingerprint density at radius 1 is 1.14 bits per heavy atom. The summed E-state index contributed by atoms with van der Waals surface area (Å²) in [5.41, 5.74) is 0.427. The molecule has 0 atom stereocenters. The van der Waals surface area contributed by atoms with Gasteiger partial charge in [-0.25, -0.2) is 4.98 Å². The molecule has 0 radical (unpaired) electrons. The van der Waals surface area contributed by atoms with Crippen LogP contribution < -0.4 is 5.32 Å². The van der Waals surface area contributed by atoms with Gasteiger partial charge in [-0.2, -0.15) is 18.4 Å². The number of aromatic nitrogens is 1. The number of hydrogen-bond donors (Lipinski definition) is 1. The number of anilines is 1. The van der Waals surface area contributed by atoms with Crippen LogP contribution in [0, 0.1) is 11.3 Å². The minimum Gasteiger partial charge on any atom is -0.360 e. The molecule has 3 nitrogen and oxygen atoms in total. The molecule has 9 heteroatoms. The van der Waals surface area contributed by atoms with Crippen molar-refractivity contribution >= 4 is 45.8 Å². The lowest BCUT2D eigenvalue weighted by atomic mass is 10.1. The predicted molar refractivity (Wildman–Crippen MR) is 106 cm³/mol. The van der Waals surface area contributed by atoms with E-state index >= 15 is 0 Å². The van der Waals surface area contributed by atoms with E-state index in [-0.39, 0.29) is 11.3 Å². The van der Waals surface area contributed by atoms with Gasteiger partial charge < -0.3 is 5.32 Å². The van der Waals surface area contributed by atoms with Crippen LogP contribution in [0.2, 0.25) is 10.0 Å². The van der Waals surface area contributed by atoms with E-state index in [4.69, 9.17) is 23.2 Å². The average Bonchev–Trinajstić information content (AvgIpc) is 3.14. The Morgan fingerprint density at radius 2 is 1.89 bits per heavy atom. The van der Waals surface area contributed by atoms with Gasteiger partial charge in [-0.05, 0) is 24.3 Å². The third kappa shape index (κ3) is 4.47. The van der Waals surface area contributed by atoms with Crippen LogP contribution in [0.3, 0.4) is 0 Å². The number of nitrogens with zero attached hydrogens (tertiary/aromatic N) is 2. The van der Waals surface area contributed by atoms with E-state index in [1.807, 2.05) is 6.07 Å². The van der Waals surface area contributed by atoms with Crippen LogP contribution in [0.4, 0.5) is 18.9 Å². The zero-order valence-corrected chi connectivity index (χ0v) is 16.2. The van der Waals surface area contributed by atoms with Gasteiger partial charge in [0.2, 0.25) is 0 Å². The SMILES string of the molecule is N#CC(=CNc1ccccc1C(F)(F)F)c1nc(-c2ccc(Cl)c(Cl)c2)cs1. The molecule has 142 valence electrons. The van der Waals surface area contributed by atoms with Crippen molar-refractivity contribution in [3.63, 3.8) is 0 Å². The quantitative estimate of drug-likeness (QED) is 0.440. The van der Waals surface area contributed by atoms with Crippen LogP contribution in [0.25, 0.3) is 16.8 Å². The Hall–Kier alpha value is -2.53. The Morgan fingerprint density at radius 3 is 2.57 bits per heavy atom. The smallest absolute Gasteiger partial charge is 0.360 e. The number of allylic oxidation sites excluding steroid dienone is 1. The molecule has 0 amide bonds. The highest BCUT2D eigenvalue weighted by Gasteiger charge is 2.33. The van der Waals surface area contributed by atoms with Gasteiger partial charge >= 0.3 is 6.18 Å². The van der Waals surface area contributed by atoms with Gasteiger partial charge in [0.1, 0.15) is 16.6 Å². The average molecular weight is 440 g/mol. The van der Waals surface area contributed by atoms with Crippen molar-refractivity contribution in [1.29, 1.82) is 5.26 Å². The van der Waals surface area contributed by atoms with Gasteiger partial charge in [0.05, 0.1) is 27.0 Å². The molecular weight excluding hydrogens is 430 g/mol. The summed E-state index contributed by atoms with van der Waals surface area (Å²) in [5.74, 6) is 0. The summed E-state index contributed by atoms with van der Waals surface area (Å²) in [6, 6.07) is 12.0. The summed E-state index contributed by atoms with van der Waals surface area (Å²) in [7, 11) is 0. The predicted octanol–water partition coefficient (Wildman–Crippen LogP) is 7.11. The minimum atomic E-state index is -4.51. The molecule has 0 saturated carbocycles. The number of benzene rings is 2. The highest BCUT2D eigenvalue weighted by Crippen LogP contribution is 2.35. The second kappa shape index (κ2) is 8.23. The van der Waals surface area contributed by atoms with Crippen molar-refractivity contribution in [2.24, 2.45) is 0 Å². The van der Waals surface area contributed by atoms with Crippen molar-refractivity contribution in [3.8, 4) is 17.3 Å². The zero-order valence-electron chi connectivity index (χ0n) is 13.9. The first-order chi connectivity index (χ1) is 13.3. The van der Waals surface area contributed by atoms with E-state index in [0.29, 0.717) is 26.3 Å². The lowest BCUT2D eigenvalue weighted by Gasteiger charge is -2.12. The van der Waals surface area contributed by atoms with Crippen molar-refractivity contribution in [2.75, 3.05) is 5.32 Å². The minimum absolute atomic E-state index is 0.105. The van der Waals surface area contributed by atoms with E-state index in [2.05, 4.69) is 10.3 Å². The third-order valence-electron chi connectivity index (χ3n) is 3.67. The van der Waals surface area contributed by atoms with Crippen LogP contribution >= 0.6 is 34.5 Å². The number of halogens is 5. The van der Waals surface area contributed by atoms with Crippen LogP contribution in [0.15, 0.2) is 54.0 Å². The Balaban J connectivity index is 1.88. The molecule has 0 saturated heterocycles. The van der Waals surface area contributed by atoms with Crippen molar-refractivity contribution in [3.05, 3.63) is 74.7 Å². The molecule has 2 aromatic carbocycles. The van der Waals surface area contributed by atoms with E-state index in [9.17, 15) is 18.4 Å². The number of thiazole rings is 1. The first kappa shape index (κ1) is 20.2. The van der Waals surface area contributed by atoms with Gasteiger partial charge in [0.25, 0.3) is 0 Å². The van der Waals surface area contributed by atoms with E-state index in [1.54, 1.807) is 23.6 Å². The van der Waals surface area contributed by atoms with E-state index < -0.39 is 11.7 Å². The van der Waals surface area contributed by atoms with Gasteiger partial charge in [-0.1, -0.05) is 41.4 Å². The fraction of sp³-hybridized carbons (Fsp3) is 0.0526. The van der Waals surface area contributed by atoms with E-state index in [1.165, 1.54) is 35.7 Å². The maximum atomic E-state index is 13.1. The van der Waals surface area contributed by atoms with E-state index in [0.717, 1.165) is 6.07 Å². The summed E-state index contributed by atoms with van der Waals surface area (Å²) in [6.07, 6.45) is -3.30. The first-order valence-electron chi connectivity index (χ1n) is 7.74. The summed E-state index contributed by atoms with van der Waals surface area (Å²) >= 11 is 13.1. The summed E-state index contributed by atoms with van der Waals surface area (Å²) in [6.45, 7) is 0. The third-order valence-corrected chi connectivity index (χ3v) is 5.29. The lowest BCUT2D eigenvalue weighted by Crippen LogP contribution is -2.08.